The molecule has 0 atom stereocenters. The van der Waals surface area contributed by atoms with Gasteiger partial charge in [0.15, 0.2) is 0 Å². The van der Waals surface area contributed by atoms with Gasteiger partial charge in [-0.05, 0) is 56.0 Å². The van der Waals surface area contributed by atoms with Crippen LogP contribution in [0.5, 0.6) is 5.75 Å². The molecule has 0 bridgehead atoms. The third-order valence-corrected chi connectivity index (χ3v) is 4.19. The molecule has 0 saturated heterocycles. The minimum atomic E-state index is -1.10. The van der Waals surface area contributed by atoms with Gasteiger partial charge in [-0.1, -0.05) is 24.3 Å². The van der Waals surface area contributed by atoms with Crippen LogP contribution >= 0.6 is 0 Å². The molecule has 5 nitrogen and oxygen atoms in total. The number of hydrogen-bond donors (Lipinski definition) is 2. The van der Waals surface area contributed by atoms with Gasteiger partial charge in [-0.3, -0.25) is 4.98 Å². The van der Waals surface area contributed by atoms with E-state index in [1.54, 1.807) is 6.07 Å². The maximum atomic E-state index is 10.9. The summed E-state index contributed by atoms with van der Waals surface area (Å²) < 4.78 is 0. The number of phenols is 1. The van der Waals surface area contributed by atoms with Crippen LogP contribution in [-0.4, -0.2) is 16.1 Å². The molecule has 5 heteroatoms. The van der Waals surface area contributed by atoms with E-state index in [2.05, 4.69) is 10.3 Å². The highest BCUT2D eigenvalue weighted by Crippen LogP contribution is 2.35. The summed E-state index contributed by atoms with van der Waals surface area (Å²) in [6.07, 6.45) is 0.219. The van der Waals surface area contributed by atoms with Crippen LogP contribution in [0, 0.1) is 13.8 Å². The van der Waals surface area contributed by atoms with Crippen LogP contribution in [0.15, 0.2) is 42.5 Å². The van der Waals surface area contributed by atoms with Crippen LogP contribution in [0.25, 0.3) is 10.9 Å². The fraction of sp³-hybridized carbons (Fsp3) is 0.200. The zero-order valence-electron chi connectivity index (χ0n) is 14.2. The monoisotopic (exact) mass is 335 g/mol. The molecule has 0 amide bonds. The van der Waals surface area contributed by atoms with E-state index in [0.717, 1.165) is 33.4 Å². The number of pyridine rings is 1. The number of phenolic OH excluding ortho intramolecular Hbond substituents is 1. The van der Waals surface area contributed by atoms with Gasteiger partial charge < -0.3 is 20.3 Å². The van der Waals surface area contributed by atoms with Gasteiger partial charge in [0, 0.05) is 17.0 Å². The van der Waals surface area contributed by atoms with Gasteiger partial charge in [-0.2, -0.15) is 0 Å². The van der Waals surface area contributed by atoms with Crippen molar-refractivity contribution in [3.63, 3.8) is 0 Å². The smallest absolute Gasteiger partial charge is 0.139 e. The van der Waals surface area contributed by atoms with Crippen LogP contribution in [0.3, 0.4) is 0 Å². The summed E-state index contributed by atoms with van der Waals surface area (Å²) in [6, 6.07) is 13.0. The minimum Gasteiger partial charge on any atom is -0.550 e. The summed E-state index contributed by atoms with van der Waals surface area (Å²) in [5.74, 6) is -0.966. The summed E-state index contributed by atoms with van der Waals surface area (Å²) in [5.41, 5.74) is 4.73. The number of nitrogens with one attached hydrogen (secondary N) is 1. The number of para-hydroxylation sites is 1. The molecule has 25 heavy (non-hydrogen) atoms. The summed E-state index contributed by atoms with van der Waals surface area (Å²) in [7, 11) is 0. The number of carbonyl (C=O) groups is 1. The van der Waals surface area contributed by atoms with E-state index >= 15 is 0 Å². The number of carboxylic acid groups (broad SMARTS) is 1. The Balaban J connectivity index is 2.17. The number of nitrogens with zero attached hydrogens (tertiary/aromatic N) is 1. The molecule has 0 saturated carbocycles. The van der Waals surface area contributed by atoms with E-state index in [-0.39, 0.29) is 12.2 Å². The fourth-order valence-electron chi connectivity index (χ4n) is 2.93. The van der Waals surface area contributed by atoms with E-state index in [0.29, 0.717) is 12.1 Å². The highest BCUT2D eigenvalue weighted by Gasteiger charge is 2.14. The van der Waals surface area contributed by atoms with E-state index in [4.69, 9.17) is 0 Å². The molecule has 1 heterocycles. The number of anilines is 2. The standard InChI is InChI=1S/C20H20N2O3/c1-12-7-9-18(23)17(11-12)22-20-14(8-10-19(24)25)13(2)21-16-6-4-3-5-15(16)20/h3-7,9,11,23H,8,10H2,1-2H3,(H,21,22)(H,24,25)/p-1. The van der Waals surface area contributed by atoms with E-state index in [1.165, 1.54) is 0 Å². The second-order valence-corrected chi connectivity index (χ2v) is 6.09. The largest absolute Gasteiger partial charge is 0.550 e. The molecular weight excluding hydrogens is 316 g/mol. The van der Waals surface area contributed by atoms with E-state index in [9.17, 15) is 15.0 Å². The van der Waals surface area contributed by atoms with Gasteiger partial charge in [0.1, 0.15) is 5.75 Å². The lowest BCUT2D eigenvalue weighted by Crippen LogP contribution is -2.22. The molecule has 0 aliphatic heterocycles. The Hall–Kier alpha value is -3.08. The first-order valence-electron chi connectivity index (χ1n) is 8.10. The first-order chi connectivity index (χ1) is 12.0. The maximum absolute atomic E-state index is 10.9. The number of aryl methyl sites for hydroxylation is 2. The number of rotatable bonds is 5. The number of aromatic nitrogens is 1. The average Bonchev–Trinajstić information content (AvgIpc) is 2.57. The van der Waals surface area contributed by atoms with E-state index < -0.39 is 5.97 Å². The molecule has 0 fully saturated rings. The third-order valence-electron chi connectivity index (χ3n) is 4.19. The van der Waals surface area contributed by atoms with Crippen molar-refractivity contribution in [3.05, 3.63) is 59.3 Å². The van der Waals surface area contributed by atoms with Crippen molar-refractivity contribution >= 4 is 28.2 Å². The van der Waals surface area contributed by atoms with Gasteiger partial charge >= 0.3 is 0 Å². The molecule has 2 N–H and O–H groups in total. The van der Waals surface area contributed by atoms with Crippen molar-refractivity contribution in [3.8, 4) is 5.75 Å². The first kappa shape index (κ1) is 16.8. The third kappa shape index (κ3) is 3.55. The minimum absolute atomic E-state index is 0.0880. The van der Waals surface area contributed by atoms with Crippen LogP contribution in [-0.2, 0) is 11.2 Å². The Kier molecular flexibility index (Phi) is 4.57. The molecular formula is C20H19N2O3-. The van der Waals surface area contributed by atoms with Crippen molar-refractivity contribution in [1.29, 1.82) is 0 Å². The number of aromatic hydroxyl groups is 1. The Labute approximate surface area is 146 Å². The van der Waals surface area contributed by atoms with Crippen molar-refractivity contribution in [2.24, 2.45) is 0 Å². The maximum Gasteiger partial charge on any atom is 0.139 e. The Morgan fingerprint density at radius 1 is 1.20 bits per heavy atom. The molecule has 0 unspecified atom stereocenters. The lowest BCUT2D eigenvalue weighted by atomic mass is 10.0. The van der Waals surface area contributed by atoms with Gasteiger partial charge in [-0.25, -0.2) is 0 Å². The number of hydrogen-bond acceptors (Lipinski definition) is 5. The molecule has 3 rings (SSSR count). The van der Waals surface area contributed by atoms with Crippen LogP contribution in [0.4, 0.5) is 11.4 Å². The predicted octanol–water partition coefficient (Wildman–Crippen LogP) is 2.98. The molecule has 3 aromatic rings. The van der Waals surface area contributed by atoms with Crippen LogP contribution in [0.2, 0.25) is 0 Å². The van der Waals surface area contributed by atoms with Crippen molar-refractivity contribution < 1.29 is 15.0 Å². The Bertz CT molecular complexity index is 951. The normalized spacial score (nSPS) is 10.8. The molecule has 128 valence electrons. The lowest BCUT2D eigenvalue weighted by molar-refractivity contribution is -0.305. The SMILES string of the molecule is Cc1ccc(O)c(Nc2c(CCC(=O)[O-])c(C)nc3ccccc23)c1. The Morgan fingerprint density at radius 3 is 2.72 bits per heavy atom. The molecule has 2 aromatic carbocycles. The summed E-state index contributed by atoms with van der Waals surface area (Å²) in [4.78, 5) is 15.5. The van der Waals surface area contributed by atoms with Gasteiger partial charge in [0.2, 0.25) is 0 Å². The zero-order valence-corrected chi connectivity index (χ0v) is 14.2. The average molecular weight is 335 g/mol. The second-order valence-electron chi connectivity index (χ2n) is 6.09. The fourth-order valence-corrected chi connectivity index (χ4v) is 2.93. The second kappa shape index (κ2) is 6.81. The van der Waals surface area contributed by atoms with Crippen molar-refractivity contribution in [2.75, 3.05) is 5.32 Å². The van der Waals surface area contributed by atoms with Crippen molar-refractivity contribution in [2.45, 2.75) is 26.7 Å². The number of carbonyl (C=O) groups excluding carboxylic acids is 1. The Morgan fingerprint density at radius 2 is 1.96 bits per heavy atom. The topological polar surface area (TPSA) is 85.3 Å². The number of benzene rings is 2. The number of aliphatic carboxylic acids is 1. The highest BCUT2D eigenvalue weighted by molar-refractivity contribution is 5.95. The highest BCUT2D eigenvalue weighted by atomic mass is 16.4. The van der Waals surface area contributed by atoms with Gasteiger partial charge in [0.05, 0.1) is 16.9 Å². The quantitative estimate of drug-likeness (QED) is 0.700. The van der Waals surface area contributed by atoms with Gasteiger partial charge in [-0.15, -0.1) is 0 Å². The first-order valence-corrected chi connectivity index (χ1v) is 8.10. The predicted molar refractivity (Wildman–Crippen MR) is 95.9 cm³/mol. The molecule has 0 radical (unpaired) electrons. The van der Waals surface area contributed by atoms with Crippen molar-refractivity contribution in [1.82, 2.24) is 4.98 Å². The number of fused-ring (bicyclic) bond motifs is 1. The molecule has 0 spiro atoms. The summed E-state index contributed by atoms with van der Waals surface area (Å²) in [6.45, 7) is 3.80. The summed E-state index contributed by atoms with van der Waals surface area (Å²) in [5, 5.41) is 25.3. The summed E-state index contributed by atoms with van der Waals surface area (Å²) >= 11 is 0. The zero-order chi connectivity index (χ0) is 18.0. The molecule has 0 aliphatic carbocycles. The number of carboxylic acids is 1. The van der Waals surface area contributed by atoms with Crippen LogP contribution < -0.4 is 10.4 Å². The van der Waals surface area contributed by atoms with Crippen LogP contribution in [0.1, 0.15) is 23.2 Å². The molecule has 0 aliphatic rings. The van der Waals surface area contributed by atoms with Gasteiger partial charge in [0.25, 0.3) is 0 Å². The molecule has 1 aromatic heterocycles. The van der Waals surface area contributed by atoms with E-state index in [1.807, 2.05) is 50.2 Å². The lowest BCUT2D eigenvalue weighted by Gasteiger charge is -2.18.